The molecule has 0 aliphatic carbocycles. The van der Waals surface area contributed by atoms with Gasteiger partial charge < -0.3 is 5.32 Å². The van der Waals surface area contributed by atoms with E-state index in [0.717, 1.165) is 15.8 Å². The summed E-state index contributed by atoms with van der Waals surface area (Å²) in [6, 6.07) is 19.3. The van der Waals surface area contributed by atoms with Crippen LogP contribution in [0.5, 0.6) is 0 Å². The third kappa shape index (κ3) is 4.63. The molecule has 0 saturated carbocycles. The summed E-state index contributed by atoms with van der Waals surface area (Å²) in [6.45, 7) is 2.34. The minimum absolute atomic E-state index is 0.0363. The second-order valence-corrected chi connectivity index (χ2v) is 8.38. The average molecular weight is 493 g/mol. The van der Waals surface area contributed by atoms with Gasteiger partial charge in [-0.15, -0.1) is 0 Å². The lowest BCUT2D eigenvalue weighted by atomic mass is 10.1. The van der Waals surface area contributed by atoms with Gasteiger partial charge in [0.25, 0.3) is 12.3 Å². The summed E-state index contributed by atoms with van der Waals surface area (Å²) >= 11 is 6.06. The van der Waals surface area contributed by atoms with Crippen LogP contribution in [0.1, 0.15) is 33.7 Å². The first-order valence-corrected chi connectivity index (χ1v) is 11.1. The fraction of sp³-hybridized carbons (Fsp3) is 0.120. The molecule has 0 fully saturated rings. The molecule has 3 heterocycles. The standard InChI is InChI=1S/C25H19ClF2N6O/c1-15-10-22(32-33(15)14-16-6-5-9-18(26)11-16)31-25(35)19-13-29-34-21(23(27)28)12-20(30-24(19)34)17-7-3-2-4-8-17/h2-13,23H,14H2,1H3,(H,31,32,35). The molecule has 0 radical (unpaired) electrons. The molecule has 5 rings (SSSR count). The number of halogens is 3. The van der Waals surface area contributed by atoms with Crippen molar-refractivity contribution < 1.29 is 13.6 Å². The summed E-state index contributed by atoms with van der Waals surface area (Å²) in [5.74, 6) is -0.229. The number of amides is 1. The molecule has 0 bridgehead atoms. The predicted octanol–water partition coefficient (Wildman–Crippen LogP) is 5.79. The summed E-state index contributed by atoms with van der Waals surface area (Å²) in [5, 5.41) is 11.8. The van der Waals surface area contributed by atoms with Crippen LogP contribution in [0, 0.1) is 6.92 Å². The number of alkyl halides is 2. The molecule has 0 aliphatic rings. The highest BCUT2D eigenvalue weighted by atomic mass is 35.5. The lowest BCUT2D eigenvalue weighted by molar-refractivity contribution is 0.102. The molecule has 35 heavy (non-hydrogen) atoms. The SMILES string of the molecule is Cc1cc(NC(=O)c2cnn3c(C(F)F)cc(-c4ccccc4)nc23)nn1Cc1cccc(Cl)c1. The largest absolute Gasteiger partial charge is 0.305 e. The zero-order valence-corrected chi connectivity index (χ0v) is 19.2. The Bertz CT molecular complexity index is 1530. The molecule has 0 unspecified atom stereocenters. The van der Waals surface area contributed by atoms with Gasteiger partial charge in [-0.2, -0.15) is 10.2 Å². The van der Waals surface area contributed by atoms with Crippen molar-refractivity contribution in [3.8, 4) is 11.3 Å². The van der Waals surface area contributed by atoms with Crippen LogP contribution in [0.2, 0.25) is 5.02 Å². The molecule has 1 amide bonds. The van der Waals surface area contributed by atoms with Crippen molar-refractivity contribution in [1.29, 1.82) is 0 Å². The number of benzene rings is 2. The van der Waals surface area contributed by atoms with E-state index in [4.69, 9.17) is 11.6 Å². The van der Waals surface area contributed by atoms with Gasteiger partial charge in [0, 0.05) is 22.3 Å². The van der Waals surface area contributed by atoms with Crippen LogP contribution in [-0.2, 0) is 6.54 Å². The first-order valence-electron chi connectivity index (χ1n) is 10.7. The number of hydrogen-bond acceptors (Lipinski definition) is 4. The van der Waals surface area contributed by atoms with E-state index >= 15 is 0 Å². The highest BCUT2D eigenvalue weighted by Gasteiger charge is 2.22. The second-order valence-electron chi connectivity index (χ2n) is 7.94. The number of aromatic nitrogens is 5. The van der Waals surface area contributed by atoms with Crippen molar-refractivity contribution in [2.75, 3.05) is 5.32 Å². The van der Waals surface area contributed by atoms with Crippen LogP contribution in [0.15, 0.2) is 72.9 Å². The van der Waals surface area contributed by atoms with Crippen LogP contribution < -0.4 is 5.32 Å². The monoisotopic (exact) mass is 492 g/mol. The number of hydrogen-bond donors (Lipinski definition) is 1. The number of carbonyl (C=O) groups excluding carboxylic acids is 1. The second kappa shape index (κ2) is 9.27. The van der Waals surface area contributed by atoms with E-state index in [1.807, 2.05) is 31.2 Å². The molecule has 2 aromatic carbocycles. The Hall–Kier alpha value is -4.11. The molecule has 7 nitrogen and oxygen atoms in total. The minimum Gasteiger partial charge on any atom is -0.305 e. The van der Waals surface area contributed by atoms with Gasteiger partial charge in [-0.25, -0.2) is 18.3 Å². The highest BCUT2D eigenvalue weighted by Crippen LogP contribution is 2.27. The molecular weight excluding hydrogens is 474 g/mol. The Morgan fingerprint density at radius 3 is 2.63 bits per heavy atom. The normalized spacial score (nSPS) is 11.3. The van der Waals surface area contributed by atoms with E-state index < -0.39 is 12.3 Å². The molecule has 3 aromatic heterocycles. The van der Waals surface area contributed by atoms with Gasteiger partial charge in [-0.3, -0.25) is 9.48 Å². The number of nitrogens with one attached hydrogen (secondary N) is 1. The third-order valence-corrected chi connectivity index (χ3v) is 5.72. The Kier molecular flexibility index (Phi) is 6.00. The Morgan fingerprint density at radius 1 is 1.09 bits per heavy atom. The third-order valence-electron chi connectivity index (χ3n) is 5.48. The molecule has 10 heteroatoms. The van der Waals surface area contributed by atoms with Gasteiger partial charge in [0.2, 0.25) is 0 Å². The number of rotatable bonds is 6. The summed E-state index contributed by atoms with van der Waals surface area (Å²) in [7, 11) is 0. The van der Waals surface area contributed by atoms with Crippen molar-refractivity contribution in [1.82, 2.24) is 24.4 Å². The van der Waals surface area contributed by atoms with Crippen molar-refractivity contribution in [2.45, 2.75) is 19.9 Å². The Balaban J connectivity index is 1.46. The predicted molar refractivity (Wildman–Crippen MR) is 129 cm³/mol. The first-order chi connectivity index (χ1) is 16.9. The van der Waals surface area contributed by atoms with Crippen LogP contribution in [0.4, 0.5) is 14.6 Å². The highest BCUT2D eigenvalue weighted by molar-refractivity contribution is 6.30. The number of carbonyl (C=O) groups is 1. The number of nitrogens with zero attached hydrogens (tertiary/aromatic N) is 5. The lowest BCUT2D eigenvalue weighted by Gasteiger charge is -2.08. The Morgan fingerprint density at radius 2 is 1.89 bits per heavy atom. The summed E-state index contributed by atoms with van der Waals surface area (Å²) in [6.07, 6.45) is -1.57. The average Bonchev–Trinajstić information content (AvgIpc) is 3.42. The maximum absolute atomic E-state index is 13.8. The molecule has 0 saturated heterocycles. The number of aryl methyl sites for hydroxylation is 1. The molecular formula is C25H19ClF2N6O. The van der Waals surface area contributed by atoms with E-state index in [2.05, 4.69) is 20.5 Å². The fourth-order valence-electron chi connectivity index (χ4n) is 3.78. The van der Waals surface area contributed by atoms with Gasteiger partial charge in [0.15, 0.2) is 11.5 Å². The first kappa shape index (κ1) is 22.7. The van der Waals surface area contributed by atoms with E-state index in [-0.39, 0.29) is 16.9 Å². The summed E-state index contributed by atoms with van der Waals surface area (Å²) in [4.78, 5) is 17.5. The van der Waals surface area contributed by atoms with Crippen molar-refractivity contribution in [3.05, 3.63) is 100 Å². The van der Waals surface area contributed by atoms with Gasteiger partial charge >= 0.3 is 0 Å². The fourth-order valence-corrected chi connectivity index (χ4v) is 3.99. The van der Waals surface area contributed by atoms with Crippen LogP contribution in [0.25, 0.3) is 16.9 Å². The maximum atomic E-state index is 13.8. The molecule has 0 atom stereocenters. The Labute approximate surface area is 204 Å². The number of anilines is 1. The topological polar surface area (TPSA) is 77.1 Å². The van der Waals surface area contributed by atoms with E-state index in [1.54, 1.807) is 41.1 Å². The lowest BCUT2D eigenvalue weighted by Crippen LogP contribution is -2.13. The van der Waals surface area contributed by atoms with E-state index in [9.17, 15) is 13.6 Å². The van der Waals surface area contributed by atoms with Crippen LogP contribution >= 0.6 is 11.6 Å². The van der Waals surface area contributed by atoms with Gasteiger partial charge in [-0.05, 0) is 30.7 Å². The molecule has 176 valence electrons. The van der Waals surface area contributed by atoms with Crippen LogP contribution in [0.3, 0.4) is 0 Å². The smallest absolute Gasteiger partial charge is 0.280 e. The maximum Gasteiger partial charge on any atom is 0.280 e. The van der Waals surface area contributed by atoms with Crippen LogP contribution in [-0.4, -0.2) is 30.3 Å². The van der Waals surface area contributed by atoms with Gasteiger partial charge in [-0.1, -0.05) is 54.1 Å². The van der Waals surface area contributed by atoms with Gasteiger partial charge in [0.05, 0.1) is 18.4 Å². The van der Waals surface area contributed by atoms with Crippen molar-refractivity contribution >= 4 is 29.0 Å². The number of fused-ring (bicyclic) bond motifs is 1. The molecule has 5 aromatic rings. The molecule has 0 aliphatic heterocycles. The zero-order valence-electron chi connectivity index (χ0n) is 18.5. The zero-order chi connectivity index (χ0) is 24.5. The van der Waals surface area contributed by atoms with E-state index in [1.165, 1.54) is 12.3 Å². The van der Waals surface area contributed by atoms with Gasteiger partial charge in [0.1, 0.15) is 11.3 Å². The quantitative estimate of drug-likeness (QED) is 0.325. The molecule has 1 N–H and O–H groups in total. The minimum atomic E-state index is -2.80. The molecule has 0 spiro atoms. The summed E-state index contributed by atoms with van der Waals surface area (Å²) in [5.41, 5.74) is 2.51. The summed E-state index contributed by atoms with van der Waals surface area (Å²) < 4.78 is 30.3. The van der Waals surface area contributed by atoms with Crippen molar-refractivity contribution in [3.63, 3.8) is 0 Å². The van der Waals surface area contributed by atoms with Crippen molar-refractivity contribution in [2.24, 2.45) is 0 Å². The van der Waals surface area contributed by atoms with E-state index in [0.29, 0.717) is 28.6 Å².